The number of nitrogens with one attached hydrogen (secondary N) is 3. The molecule has 3 N–H and O–H groups in total. The van der Waals surface area contributed by atoms with Gasteiger partial charge in [-0.05, 0) is 93.6 Å². The normalized spacial score (nSPS) is 15.2. The Hall–Kier alpha value is -2.56. The van der Waals surface area contributed by atoms with Crippen LogP contribution in [0.3, 0.4) is 0 Å². The Morgan fingerprint density at radius 3 is 1.78 bits per heavy atom. The fourth-order valence-electron chi connectivity index (χ4n) is 6.29. The molecular weight excluding hydrogens is 562 g/mol. The highest BCUT2D eigenvalue weighted by atomic mass is 15.6. The van der Waals surface area contributed by atoms with E-state index in [4.69, 9.17) is 0 Å². The van der Waals surface area contributed by atoms with Crippen molar-refractivity contribution in [2.75, 3.05) is 33.2 Å². The molecule has 1 unspecified atom stereocenters. The summed E-state index contributed by atoms with van der Waals surface area (Å²) in [5, 5.41) is 15.0. The van der Waals surface area contributed by atoms with Gasteiger partial charge in [0.25, 0.3) is 0 Å². The standard InChI is InChI=1S/C41H75N5/c1-14-16-17-18-29-42-33(3)22-19-23-34(4)44-31-28-41(12,15-2)27-20-25-40(10,11)26-21-30-43-35(5)24-32-46-39(9)37(7)36(6)38(8)45(46)13/h42-44H,3-5,8-9,14-32H2,1-2,6-7,10-13H3. The van der Waals surface area contributed by atoms with Gasteiger partial charge in [0.05, 0.1) is 11.4 Å². The van der Waals surface area contributed by atoms with Crippen molar-refractivity contribution < 1.29 is 0 Å². The molecule has 5 heteroatoms. The number of allylic oxidation sites excluding steroid dienone is 4. The van der Waals surface area contributed by atoms with Crippen molar-refractivity contribution in [3.8, 4) is 0 Å². The number of nitrogens with zero attached hydrogens (tertiary/aromatic N) is 2. The average Bonchev–Trinajstić information content (AvgIpc) is 3.01. The monoisotopic (exact) mass is 638 g/mol. The number of rotatable bonds is 27. The van der Waals surface area contributed by atoms with Crippen molar-refractivity contribution in [2.24, 2.45) is 10.8 Å². The first-order valence-corrected chi connectivity index (χ1v) is 18.5. The van der Waals surface area contributed by atoms with Gasteiger partial charge in [0.2, 0.25) is 0 Å². The van der Waals surface area contributed by atoms with E-state index >= 15 is 0 Å². The minimum Gasteiger partial charge on any atom is -0.389 e. The van der Waals surface area contributed by atoms with Gasteiger partial charge >= 0.3 is 0 Å². The molecule has 0 aromatic rings. The largest absolute Gasteiger partial charge is 0.389 e. The fraction of sp³-hybridized carbons (Fsp3) is 0.707. The highest BCUT2D eigenvalue weighted by Gasteiger charge is 2.25. The average molecular weight is 638 g/mol. The predicted octanol–water partition coefficient (Wildman–Crippen LogP) is 10.7. The molecule has 1 aliphatic rings. The zero-order valence-corrected chi connectivity index (χ0v) is 31.9. The highest BCUT2D eigenvalue weighted by Crippen LogP contribution is 2.36. The van der Waals surface area contributed by atoms with E-state index in [2.05, 4.69) is 114 Å². The van der Waals surface area contributed by atoms with Crippen LogP contribution in [0.5, 0.6) is 0 Å². The van der Waals surface area contributed by atoms with Gasteiger partial charge in [0.15, 0.2) is 0 Å². The molecule has 264 valence electrons. The second kappa shape index (κ2) is 21.3. The summed E-state index contributed by atoms with van der Waals surface area (Å²) in [6, 6.07) is 0. The van der Waals surface area contributed by atoms with E-state index in [0.717, 1.165) is 69.0 Å². The van der Waals surface area contributed by atoms with Gasteiger partial charge < -0.3 is 16.0 Å². The van der Waals surface area contributed by atoms with Crippen LogP contribution >= 0.6 is 0 Å². The Kier molecular flexibility index (Phi) is 19.2. The second-order valence-corrected chi connectivity index (χ2v) is 15.1. The number of hydrogen-bond acceptors (Lipinski definition) is 5. The predicted molar refractivity (Wildman–Crippen MR) is 205 cm³/mol. The van der Waals surface area contributed by atoms with Crippen molar-refractivity contribution in [1.29, 1.82) is 0 Å². The first kappa shape index (κ1) is 41.5. The summed E-state index contributed by atoms with van der Waals surface area (Å²) in [5.74, 6) is 0. The smallest absolute Gasteiger partial charge is 0.0535 e. The van der Waals surface area contributed by atoms with Crippen LogP contribution in [0.25, 0.3) is 0 Å². The Balaban J connectivity index is 2.24. The minimum atomic E-state index is 0.356. The van der Waals surface area contributed by atoms with Crippen LogP contribution in [0.2, 0.25) is 0 Å². The Morgan fingerprint density at radius 2 is 1.17 bits per heavy atom. The fourth-order valence-corrected chi connectivity index (χ4v) is 6.29. The molecule has 0 aliphatic carbocycles. The molecule has 1 aliphatic heterocycles. The molecule has 5 nitrogen and oxygen atoms in total. The Bertz CT molecular complexity index is 1020. The molecular formula is C41H75N5. The van der Waals surface area contributed by atoms with Gasteiger partial charge in [-0.25, -0.2) is 0 Å². The third-order valence-electron chi connectivity index (χ3n) is 10.5. The number of hydrazine groups is 1. The van der Waals surface area contributed by atoms with Crippen molar-refractivity contribution in [1.82, 2.24) is 26.0 Å². The van der Waals surface area contributed by atoms with Gasteiger partial charge in [0, 0.05) is 56.7 Å². The molecule has 46 heavy (non-hydrogen) atoms. The van der Waals surface area contributed by atoms with Gasteiger partial charge in [-0.15, -0.1) is 0 Å². The van der Waals surface area contributed by atoms with Gasteiger partial charge in [0.1, 0.15) is 0 Å². The van der Waals surface area contributed by atoms with Crippen molar-refractivity contribution >= 4 is 0 Å². The van der Waals surface area contributed by atoms with Crippen LogP contribution in [0.15, 0.2) is 72.5 Å². The zero-order chi connectivity index (χ0) is 34.8. The lowest BCUT2D eigenvalue weighted by Gasteiger charge is -2.43. The summed E-state index contributed by atoms with van der Waals surface area (Å²) in [6.45, 7) is 41.5. The quantitative estimate of drug-likeness (QED) is 0.0782. The Morgan fingerprint density at radius 1 is 0.630 bits per heavy atom. The van der Waals surface area contributed by atoms with Crippen LogP contribution in [0, 0.1) is 10.8 Å². The molecule has 0 bridgehead atoms. The lowest BCUT2D eigenvalue weighted by Crippen LogP contribution is -2.42. The molecule has 0 spiro atoms. The van der Waals surface area contributed by atoms with Crippen LogP contribution in [-0.2, 0) is 0 Å². The summed E-state index contributed by atoms with van der Waals surface area (Å²) >= 11 is 0. The van der Waals surface area contributed by atoms with Gasteiger partial charge in [-0.2, -0.15) is 0 Å². The van der Waals surface area contributed by atoms with Crippen LogP contribution < -0.4 is 16.0 Å². The minimum absolute atomic E-state index is 0.356. The summed E-state index contributed by atoms with van der Waals surface area (Å²) in [6.07, 6.45) is 17.9. The van der Waals surface area contributed by atoms with Crippen LogP contribution in [0.4, 0.5) is 0 Å². The number of hydrogen-bond donors (Lipinski definition) is 3. The van der Waals surface area contributed by atoms with E-state index in [0.29, 0.717) is 10.8 Å². The van der Waals surface area contributed by atoms with Gasteiger partial charge in [-0.1, -0.05) is 99.6 Å². The highest BCUT2D eigenvalue weighted by molar-refractivity contribution is 5.42. The molecule has 0 aromatic carbocycles. The molecule has 1 atom stereocenters. The first-order chi connectivity index (χ1) is 21.7. The van der Waals surface area contributed by atoms with Crippen LogP contribution in [0.1, 0.15) is 145 Å². The molecule has 0 aromatic heterocycles. The second-order valence-electron chi connectivity index (χ2n) is 15.1. The molecule has 0 fully saturated rings. The molecule has 0 amide bonds. The summed E-state index contributed by atoms with van der Waals surface area (Å²) in [5.41, 5.74) is 8.70. The summed E-state index contributed by atoms with van der Waals surface area (Å²) in [7, 11) is 2.06. The van der Waals surface area contributed by atoms with E-state index in [1.807, 2.05) is 0 Å². The van der Waals surface area contributed by atoms with E-state index in [9.17, 15) is 0 Å². The van der Waals surface area contributed by atoms with E-state index in [1.165, 1.54) is 93.2 Å². The topological polar surface area (TPSA) is 42.6 Å². The maximum atomic E-state index is 4.31. The van der Waals surface area contributed by atoms with Crippen molar-refractivity contribution in [2.45, 2.75) is 145 Å². The third kappa shape index (κ3) is 15.8. The summed E-state index contributed by atoms with van der Waals surface area (Å²) < 4.78 is 0. The van der Waals surface area contributed by atoms with E-state index in [1.54, 1.807) is 0 Å². The molecule has 0 saturated carbocycles. The van der Waals surface area contributed by atoms with E-state index < -0.39 is 0 Å². The maximum Gasteiger partial charge on any atom is 0.0535 e. The molecule has 1 rings (SSSR count). The van der Waals surface area contributed by atoms with Crippen molar-refractivity contribution in [3.63, 3.8) is 0 Å². The lowest BCUT2D eigenvalue weighted by molar-refractivity contribution is 0.0752. The number of unbranched alkanes of at least 4 members (excludes halogenated alkanes) is 3. The van der Waals surface area contributed by atoms with Gasteiger partial charge in [-0.3, -0.25) is 10.0 Å². The zero-order valence-electron chi connectivity index (χ0n) is 31.9. The maximum absolute atomic E-state index is 4.31. The molecule has 1 heterocycles. The molecule has 0 saturated heterocycles. The number of likely N-dealkylation sites (N-methyl/N-ethyl adjacent to an activating group) is 1. The first-order valence-electron chi connectivity index (χ1n) is 18.5. The third-order valence-corrected chi connectivity index (χ3v) is 10.5. The van der Waals surface area contributed by atoms with Crippen LogP contribution in [-0.4, -0.2) is 43.2 Å². The molecule has 0 radical (unpaired) electrons. The summed E-state index contributed by atoms with van der Waals surface area (Å²) in [4.78, 5) is 0. The SMILES string of the molecule is C=C(CCCC(=C)NCCC(C)(CC)CCCC(C)(C)CCCNC(=C)CCN1C(=C)C(C)=C(C)C(=C)N1C)NCCCCCC. The van der Waals surface area contributed by atoms with E-state index in [-0.39, 0.29) is 0 Å². The van der Waals surface area contributed by atoms with Crippen molar-refractivity contribution in [3.05, 3.63) is 72.5 Å². The Labute approximate surface area is 286 Å². The lowest BCUT2D eigenvalue weighted by atomic mass is 9.76.